The molecule has 1 aromatic heterocycles. The van der Waals surface area contributed by atoms with Gasteiger partial charge in [0.2, 0.25) is 0 Å². The summed E-state index contributed by atoms with van der Waals surface area (Å²) in [6.07, 6.45) is 8.25. The number of unbranched alkanes of at least 4 members (excludes halogenated alkanes) is 1. The number of hydrogen-bond donors (Lipinski definition) is 1. The Hall–Kier alpha value is -1.48. The lowest BCUT2D eigenvalue weighted by Crippen LogP contribution is -2.33. The number of nitrogens with zero attached hydrogens (tertiary/aromatic N) is 1. The van der Waals surface area contributed by atoms with Crippen molar-refractivity contribution in [2.75, 3.05) is 19.6 Å². The van der Waals surface area contributed by atoms with Crippen molar-refractivity contribution in [1.29, 1.82) is 0 Å². The van der Waals surface area contributed by atoms with Gasteiger partial charge in [-0.05, 0) is 87.0 Å². The van der Waals surface area contributed by atoms with E-state index in [0.29, 0.717) is 16.0 Å². The van der Waals surface area contributed by atoms with E-state index >= 15 is 0 Å². The summed E-state index contributed by atoms with van der Waals surface area (Å²) in [4.78, 5) is 5.99. The second kappa shape index (κ2) is 8.68. The number of H-pyrrole nitrogens is 1. The van der Waals surface area contributed by atoms with E-state index in [1.54, 1.807) is 0 Å². The number of aromatic amines is 1. The number of aryl methyl sites for hydroxylation is 1. The highest BCUT2D eigenvalue weighted by molar-refractivity contribution is 6.42. The van der Waals surface area contributed by atoms with Gasteiger partial charge in [0.05, 0.1) is 10.0 Å². The number of halogens is 2. The Morgan fingerprint density at radius 2 is 1.78 bits per heavy atom. The number of nitrogens with one attached hydrogen (secondary N) is 1. The molecule has 4 heteroatoms. The minimum Gasteiger partial charge on any atom is -0.361 e. The van der Waals surface area contributed by atoms with Crippen LogP contribution in [0, 0.1) is 0 Å². The summed E-state index contributed by atoms with van der Waals surface area (Å²) >= 11 is 12.2. The Labute approximate surface area is 171 Å². The summed E-state index contributed by atoms with van der Waals surface area (Å²) in [6, 6.07) is 14.7. The fraction of sp³-hybridized carbons (Fsp3) is 0.391. The first-order valence-corrected chi connectivity index (χ1v) is 10.7. The molecule has 2 aromatic carbocycles. The smallest absolute Gasteiger partial charge is 0.0595 e. The molecular weight excluding hydrogens is 375 g/mol. The maximum Gasteiger partial charge on any atom is 0.0595 e. The summed E-state index contributed by atoms with van der Waals surface area (Å²) in [6.45, 7) is 3.56. The van der Waals surface area contributed by atoms with Crippen molar-refractivity contribution in [3.63, 3.8) is 0 Å². The van der Waals surface area contributed by atoms with Crippen molar-refractivity contribution in [1.82, 2.24) is 9.88 Å². The maximum atomic E-state index is 6.18. The quantitative estimate of drug-likeness (QED) is 0.457. The number of fused-ring (bicyclic) bond motifs is 1. The molecule has 0 aliphatic carbocycles. The highest BCUT2D eigenvalue weighted by Crippen LogP contribution is 2.32. The van der Waals surface area contributed by atoms with Gasteiger partial charge in [0.1, 0.15) is 0 Å². The van der Waals surface area contributed by atoms with Crippen molar-refractivity contribution >= 4 is 34.1 Å². The zero-order valence-corrected chi connectivity index (χ0v) is 17.1. The predicted molar refractivity (Wildman–Crippen MR) is 116 cm³/mol. The molecule has 0 atom stereocenters. The van der Waals surface area contributed by atoms with Gasteiger partial charge < -0.3 is 9.88 Å². The number of para-hydroxylation sites is 1. The summed E-state index contributed by atoms with van der Waals surface area (Å²) in [5, 5.41) is 2.70. The minimum atomic E-state index is 0.613. The number of rotatable bonds is 6. The molecule has 0 radical (unpaired) electrons. The summed E-state index contributed by atoms with van der Waals surface area (Å²) in [5.74, 6) is 0.613. The SMILES string of the molecule is Clc1ccc(C2CCN(CCCCc3c[nH]c4ccccc34)CC2)cc1Cl. The second-order valence-electron chi connectivity index (χ2n) is 7.61. The van der Waals surface area contributed by atoms with Crippen LogP contribution in [-0.2, 0) is 6.42 Å². The summed E-state index contributed by atoms with van der Waals surface area (Å²) < 4.78 is 0. The summed E-state index contributed by atoms with van der Waals surface area (Å²) in [5.41, 5.74) is 4.03. The largest absolute Gasteiger partial charge is 0.361 e. The predicted octanol–water partition coefficient (Wildman–Crippen LogP) is 6.68. The van der Waals surface area contributed by atoms with E-state index in [1.807, 2.05) is 12.1 Å². The Balaban J connectivity index is 1.21. The Morgan fingerprint density at radius 1 is 0.963 bits per heavy atom. The highest BCUT2D eigenvalue weighted by atomic mass is 35.5. The van der Waals surface area contributed by atoms with Crippen LogP contribution in [-0.4, -0.2) is 29.5 Å². The standard InChI is InChI=1S/C23H26Cl2N2/c24-21-9-8-18(15-22(21)25)17-10-13-27(14-11-17)12-4-3-5-19-16-26-23-7-2-1-6-20(19)23/h1-2,6-9,15-17,26H,3-5,10-14H2. The molecular formula is C23H26Cl2N2. The molecule has 27 heavy (non-hydrogen) atoms. The van der Waals surface area contributed by atoms with E-state index in [-0.39, 0.29) is 0 Å². The second-order valence-corrected chi connectivity index (χ2v) is 8.42. The number of aromatic nitrogens is 1. The molecule has 1 N–H and O–H groups in total. The number of benzene rings is 2. The normalized spacial score (nSPS) is 16.2. The van der Waals surface area contributed by atoms with E-state index < -0.39 is 0 Å². The summed E-state index contributed by atoms with van der Waals surface area (Å²) in [7, 11) is 0. The lowest BCUT2D eigenvalue weighted by molar-refractivity contribution is 0.209. The maximum absolute atomic E-state index is 6.18. The van der Waals surface area contributed by atoms with Crippen LogP contribution in [0.5, 0.6) is 0 Å². The van der Waals surface area contributed by atoms with E-state index in [1.165, 1.54) is 67.3 Å². The number of likely N-dealkylation sites (tertiary alicyclic amines) is 1. The number of hydrogen-bond acceptors (Lipinski definition) is 1. The van der Waals surface area contributed by atoms with Crippen LogP contribution in [0.3, 0.4) is 0 Å². The molecule has 0 amide bonds. The molecule has 1 saturated heterocycles. The van der Waals surface area contributed by atoms with Gasteiger partial charge in [-0.2, -0.15) is 0 Å². The van der Waals surface area contributed by atoms with E-state index in [2.05, 4.69) is 46.4 Å². The Morgan fingerprint density at radius 3 is 2.59 bits per heavy atom. The first-order chi connectivity index (χ1) is 13.2. The first-order valence-electron chi connectivity index (χ1n) is 9.93. The molecule has 142 valence electrons. The van der Waals surface area contributed by atoms with E-state index in [0.717, 1.165) is 6.42 Å². The minimum absolute atomic E-state index is 0.613. The molecule has 2 nitrogen and oxygen atoms in total. The van der Waals surface area contributed by atoms with Crippen molar-refractivity contribution in [3.8, 4) is 0 Å². The molecule has 0 unspecified atom stereocenters. The molecule has 4 rings (SSSR count). The average molecular weight is 401 g/mol. The van der Waals surface area contributed by atoms with Gasteiger partial charge >= 0.3 is 0 Å². The Kier molecular flexibility index (Phi) is 6.07. The van der Waals surface area contributed by atoms with Crippen molar-refractivity contribution in [2.24, 2.45) is 0 Å². The van der Waals surface area contributed by atoms with Crippen LogP contribution >= 0.6 is 23.2 Å². The molecule has 3 aromatic rings. The van der Waals surface area contributed by atoms with Crippen LogP contribution in [0.2, 0.25) is 10.0 Å². The zero-order chi connectivity index (χ0) is 18.6. The third-order valence-electron chi connectivity index (χ3n) is 5.85. The monoisotopic (exact) mass is 400 g/mol. The Bertz CT molecular complexity index is 894. The topological polar surface area (TPSA) is 19.0 Å². The van der Waals surface area contributed by atoms with E-state index in [9.17, 15) is 0 Å². The zero-order valence-electron chi connectivity index (χ0n) is 15.6. The highest BCUT2D eigenvalue weighted by Gasteiger charge is 2.20. The van der Waals surface area contributed by atoms with Gasteiger partial charge in [0.25, 0.3) is 0 Å². The molecule has 0 spiro atoms. The first kappa shape index (κ1) is 18.9. The van der Waals surface area contributed by atoms with Crippen LogP contribution in [0.25, 0.3) is 10.9 Å². The molecule has 1 aliphatic rings. The van der Waals surface area contributed by atoms with Crippen molar-refractivity contribution < 1.29 is 0 Å². The van der Waals surface area contributed by atoms with Gasteiger partial charge in [-0.25, -0.2) is 0 Å². The lowest BCUT2D eigenvalue weighted by atomic mass is 9.89. The van der Waals surface area contributed by atoms with Gasteiger partial charge in [-0.15, -0.1) is 0 Å². The molecule has 2 heterocycles. The van der Waals surface area contributed by atoms with Crippen LogP contribution < -0.4 is 0 Å². The lowest BCUT2D eigenvalue weighted by Gasteiger charge is -2.32. The van der Waals surface area contributed by atoms with Crippen molar-refractivity contribution in [2.45, 2.75) is 38.0 Å². The van der Waals surface area contributed by atoms with Gasteiger partial charge in [0, 0.05) is 17.1 Å². The molecule has 1 fully saturated rings. The van der Waals surface area contributed by atoms with Gasteiger partial charge in [-0.1, -0.05) is 47.5 Å². The van der Waals surface area contributed by atoms with Gasteiger partial charge in [-0.3, -0.25) is 0 Å². The van der Waals surface area contributed by atoms with Crippen LogP contribution in [0.1, 0.15) is 42.7 Å². The van der Waals surface area contributed by atoms with Crippen molar-refractivity contribution in [3.05, 3.63) is 69.8 Å². The molecule has 0 bridgehead atoms. The molecule has 0 saturated carbocycles. The van der Waals surface area contributed by atoms with Crippen LogP contribution in [0.15, 0.2) is 48.7 Å². The van der Waals surface area contributed by atoms with E-state index in [4.69, 9.17) is 23.2 Å². The average Bonchev–Trinajstić information content (AvgIpc) is 3.11. The third kappa shape index (κ3) is 4.51. The van der Waals surface area contributed by atoms with Crippen LogP contribution in [0.4, 0.5) is 0 Å². The molecule has 1 aliphatic heterocycles. The van der Waals surface area contributed by atoms with Gasteiger partial charge in [0.15, 0.2) is 0 Å². The fourth-order valence-corrected chi connectivity index (χ4v) is 4.55. The fourth-order valence-electron chi connectivity index (χ4n) is 4.25. The number of piperidine rings is 1. The third-order valence-corrected chi connectivity index (χ3v) is 6.59.